The standard InChI is InChI=1S/C27H34N2O5/c1-18(16-24(30)28-15-13-27(2,3)25(31)32)12-14-29-26(33)34-17-23-21-10-6-4-8-19(21)20-9-5-7-11-22(20)23/h4-11,18,23H,12-17H2,1-3H3,(H,28,30)(H,29,33)(H,31,32). The fourth-order valence-electron chi connectivity index (χ4n) is 4.18. The summed E-state index contributed by atoms with van der Waals surface area (Å²) in [4.78, 5) is 35.5. The second-order valence-electron chi connectivity index (χ2n) is 9.64. The van der Waals surface area contributed by atoms with E-state index in [1.807, 2.05) is 31.2 Å². The number of nitrogens with one attached hydrogen (secondary N) is 2. The number of carboxylic acid groups (broad SMARTS) is 1. The molecular weight excluding hydrogens is 432 g/mol. The fourth-order valence-corrected chi connectivity index (χ4v) is 4.18. The largest absolute Gasteiger partial charge is 0.481 e. The summed E-state index contributed by atoms with van der Waals surface area (Å²) in [6.45, 7) is 6.23. The summed E-state index contributed by atoms with van der Waals surface area (Å²) in [6.07, 6.45) is 0.860. The Labute approximate surface area is 200 Å². The molecule has 1 unspecified atom stereocenters. The Bertz CT molecular complexity index is 988. The van der Waals surface area contributed by atoms with Gasteiger partial charge in [-0.15, -0.1) is 0 Å². The van der Waals surface area contributed by atoms with E-state index < -0.39 is 17.5 Å². The summed E-state index contributed by atoms with van der Waals surface area (Å²) >= 11 is 0. The van der Waals surface area contributed by atoms with Crippen molar-refractivity contribution in [2.24, 2.45) is 11.3 Å². The van der Waals surface area contributed by atoms with E-state index in [4.69, 9.17) is 9.84 Å². The highest BCUT2D eigenvalue weighted by Gasteiger charge is 2.29. The van der Waals surface area contributed by atoms with Crippen molar-refractivity contribution in [3.63, 3.8) is 0 Å². The first kappa shape index (κ1) is 25.3. The number of hydrogen-bond acceptors (Lipinski definition) is 4. The zero-order chi connectivity index (χ0) is 24.7. The lowest BCUT2D eigenvalue weighted by Crippen LogP contribution is -2.33. The summed E-state index contributed by atoms with van der Waals surface area (Å²) in [7, 11) is 0. The van der Waals surface area contributed by atoms with E-state index in [9.17, 15) is 14.4 Å². The van der Waals surface area contributed by atoms with Gasteiger partial charge in [-0.3, -0.25) is 9.59 Å². The number of ether oxygens (including phenoxy) is 1. The predicted molar refractivity (Wildman–Crippen MR) is 131 cm³/mol. The van der Waals surface area contributed by atoms with Crippen molar-refractivity contribution in [2.45, 2.75) is 46.0 Å². The number of alkyl carbamates (subject to hydrolysis) is 1. The highest BCUT2D eigenvalue weighted by Crippen LogP contribution is 2.44. The molecule has 3 rings (SSSR count). The van der Waals surface area contributed by atoms with Gasteiger partial charge in [0, 0.05) is 25.4 Å². The normalized spacial score (nSPS) is 13.5. The number of benzene rings is 2. The molecule has 2 aromatic rings. The first-order chi connectivity index (χ1) is 16.2. The van der Waals surface area contributed by atoms with Crippen molar-refractivity contribution in [3.05, 3.63) is 59.7 Å². The van der Waals surface area contributed by atoms with Crippen molar-refractivity contribution >= 4 is 18.0 Å². The third-order valence-electron chi connectivity index (χ3n) is 6.44. The summed E-state index contributed by atoms with van der Waals surface area (Å²) in [5.74, 6) is -0.905. The van der Waals surface area contributed by atoms with E-state index in [1.165, 1.54) is 22.3 Å². The van der Waals surface area contributed by atoms with Gasteiger partial charge in [-0.1, -0.05) is 55.5 Å². The maximum atomic E-state index is 12.3. The molecule has 0 aliphatic heterocycles. The second-order valence-corrected chi connectivity index (χ2v) is 9.64. The van der Waals surface area contributed by atoms with E-state index in [2.05, 4.69) is 34.9 Å². The third kappa shape index (κ3) is 6.37. The van der Waals surface area contributed by atoms with Crippen molar-refractivity contribution in [1.29, 1.82) is 0 Å². The number of carbonyl (C=O) groups is 3. The van der Waals surface area contributed by atoms with Crippen molar-refractivity contribution in [2.75, 3.05) is 19.7 Å². The van der Waals surface area contributed by atoms with Crippen LogP contribution in [0.4, 0.5) is 4.79 Å². The monoisotopic (exact) mass is 466 g/mol. The maximum absolute atomic E-state index is 12.3. The van der Waals surface area contributed by atoms with Crippen LogP contribution in [-0.2, 0) is 14.3 Å². The van der Waals surface area contributed by atoms with Gasteiger partial charge in [0.1, 0.15) is 6.61 Å². The van der Waals surface area contributed by atoms with Crippen LogP contribution in [0.15, 0.2) is 48.5 Å². The molecule has 1 aliphatic rings. The van der Waals surface area contributed by atoms with Crippen LogP contribution in [0.1, 0.15) is 57.1 Å². The molecule has 1 aliphatic carbocycles. The number of rotatable bonds is 11. The molecule has 34 heavy (non-hydrogen) atoms. The topological polar surface area (TPSA) is 105 Å². The molecule has 3 N–H and O–H groups in total. The molecule has 1 atom stereocenters. The van der Waals surface area contributed by atoms with Gasteiger partial charge in [-0.25, -0.2) is 4.79 Å². The third-order valence-corrected chi connectivity index (χ3v) is 6.44. The van der Waals surface area contributed by atoms with Crippen LogP contribution in [0.2, 0.25) is 0 Å². The minimum Gasteiger partial charge on any atom is -0.481 e. The molecule has 182 valence electrons. The molecule has 7 nitrogen and oxygen atoms in total. The number of fused-ring (bicyclic) bond motifs is 3. The molecule has 0 spiro atoms. The number of carboxylic acids is 1. The van der Waals surface area contributed by atoms with E-state index in [0.29, 0.717) is 32.4 Å². The van der Waals surface area contributed by atoms with E-state index in [1.54, 1.807) is 13.8 Å². The van der Waals surface area contributed by atoms with Crippen LogP contribution < -0.4 is 10.6 Å². The molecule has 2 amide bonds. The van der Waals surface area contributed by atoms with Crippen LogP contribution in [0.5, 0.6) is 0 Å². The van der Waals surface area contributed by atoms with Gasteiger partial charge in [0.2, 0.25) is 5.91 Å². The molecule has 0 radical (unpaired) electrons. The number of carbonyl (C=O) groups excluding carboxylic acids is 2. The van der Waals surface area contributed by atoms with Gasteiger partial charge in [-0.2, -0.15) is 0 Å². The lowest BCUT2D eigenvalue weighted by Gasteiger charge is -2.19. The average Bonchev–Trinajstić information content (AvgIpc) is 3.11. The Hall–Kier alpha value is -3.35. The minimum atomic E-state index is -0.880. The first-order valence-corrected chi connectivity index (χ1v) is 11.8. The molecule has 0 heterocycles. The Kier molecular flexibility index (Phi) is 8.31. The van der Waals surface area contributed by atoms with Crippen molar-refractivity contribution < 1.29 is 24.2 Å². The molecule has 0 bridgehead atoms. The fraction of sp³-hybridized carbons (Fsp3) is 0.444. The summed E-state index contributed by atoms with van der Waals surface area (Å²) in [6, 6.07) is 16.4. The Balaban J connectivity index is 1.37. The highest BCUT2D eigenvalue weighted by molar-refractivity contribution is 5.79. The van der Waals surface area contributed by atoms with Crippen molar-refractivity contribution in [1.82, 2.24) is 10.6 Å². The van der Waals surface area contributed by atoms with Crippen LogP contribution >= 0.6 is 0 Å². The van der Waals surface area contributed by atoms with Gasteiger partial charge in [0.15, 0.2) is 0 Å². The van der Waals surface area contributed by atoms with Crippen LogP contribution in [0.25, 0.3) is 11.1 Å². The van der Waals surface area contributed by atoms with Crippen LogP contribution in [-0.4, -0.2) is 42.8 Å². The summed E-state index contributed by atoms with van der Waals surface area (Å²) in [5.41, 5.74) is 3.84. The zero-order valence-corrected chi connectivity index (χ0v) is 20.1. The molecule has 0 saturated carbocycles. The second kappa shape index (κ2) is 11.2. The van der Waals surface area contributed by atoms with Gasteiger partial charge in [0.05, 0.1) is 5.41 Å². The number of amides is 2. The molecule has 0 fully saturated rings. The Morgan fingerprint density at radius 2 is 1.56 bits per heavy atom. The average molecular weight is 467 g/mol. The summed E-state index contributed by atoms with van der Waals surface area (Å²) in [5, 5.41) is 14.7. The molecule has 0 aromatic heterocycles. The van der Waals surface area contributed by atoms with Gasteiger partial charge in [0.25, 0.3) is 0 Å². The Morgan fingerprint density at radius 1 is 0.971 bits per heavy atom. The molecular formula is C27H34N2O5. The van der Waals surface area contributed by atoms with Gasteiger partial charge >= 0.3 is 12.1 Å². The summed E-state index contributed by atoms with van der Waals surface area (Å²) < 4.78 is 5.53. The number of aliphatic carboxylic acids is 1. The quantitative estimate of drug-likeness (QED) is 0.450. The molecule has 2 aromatic carbocycles. The number of hydrogen-bond donors (Lipinski definition) is 3. The Morgan fingerprint density at radius 3 is 2.15 bits per heavy atom. The van der Waals surface area contributed by atoms with E-state index in [-0.39, 0.29) is 24.3 Å². The van der Waals surface area contributed by atoms with E-state index >= 15 is 0 Å². The SMILES string of the molecule is CC(CCNC(=O)OCC1c2ccccc2-c2ccccc21)CC(=O)NCCC(C)(C)C(=O)O. The lowest BCUT2D eigenvalue weighted by atomic mass is 9.89. The zero-order valence-electron chi connectivity index (χ0n) is 20.1. The smallest absolute Gasteiger partial charge is 0.407 e. The van der Waals surface area contributed by atoms with Gasteiger partial charge in [-0.05, 0) is 54.9 Å². The van der Waals surface area contributed by atoms with Crippen LogP contribution in [0, 0.1) is 11.3 Å². The molecule has 0 saturated heterocycles. The van der Waals surface area contributed by atoms with Gasteiger partial charge < -0.3 is 20.5 Å². The predicted octanol–water partition coefficient (Wildman–Crippen LogP) is 4.56. The van der Waals surface area contributed by atoms with Crippen LogP contribution in [0.3, 0.4) is 0 Å². The maximum Gasteiger partial charge on any atom is 0.407 e. The van der Waals surface area contributed by atoms with Crippen molar-refractivity contribution in [3.8, 4) is 11.1 Å². The first-order valence-electron chi connectivity index (χ1n) is 11.8. The minimum absolute atomic E-state index is 0.0203. The molecule has 7 heteroatoms. The lowest BCUT2D eigenvalue weighted by molar-refractivity contribution is -0.147. The van der Waals surface area contributed by atoms with E-state index in [0.717, 1.165) is 0 Å². The highest BCUT2D eigenvalue weighted by atomic mass is 16.5.